The first-order chi connectivity index (χ1) is 10.2. The summed E-state index contributed by atoms with van der Waals surface area (Å²) in [6.07, 6.45) is 5.23. The fourth-order valence-electron chi connectivity index (χ4n) is 3.23. The van der Waals surface area contributed by atoms with Crippen LogP contribution in [-0.2, 0) is 19.4 Å². The molecule has 0 saturated carbocycles. The van der Waals surface area contributed by atoms with E-state index in [1.807, 2.05) is 0 Å². The largest absolute Gasteiger partial charge is 0.306 e. The molecule has 1 atom stereocenters. The van der Waals surface area contributed by atoms with Gasteiger partial charge in [0.05, 0.1) is 0 Å². The van der Waals surface area contributed by atoms with Crippen LogP contribution in [-0.4, -0.2) is 0 Å². The van der Waals surface area contributed by atoms with E-state index in [0.29, 0.717) is 6.04 Å². The quantitative estimate of drug-likeness (QED) is 0.853. The maximum Gasteiger partial charge on any atom is 0.0295 e. The lowest BCUT2D eigenvalue weighted by Gasteiger charge is -2.20. The maximum absolute atomic E-state index is 3.65. The van der Waals surface area contributed by atoms with Crippen LogP contribution in [0, 0.1) is 6.92 Å². The van der Waals surface area contributed by atoms with Gasteiger partial charge in [-0.1, -0.05) is 48.0 Å². The Hall–Kier alpha value is -1.60. The first kappa shape index (κ1) is 14.3. The standard InChI is InChI=1S/C20H25N/c1-15-6-5-7-17(12-15)14-21-16(2)19-11-10-18-8-3-4-9-20(18)13-19/h5-7,10-13,16,21H,3-4,8-9,14H2,1-2H3. The molecule has 0 spiro atoms. The Morgan fingerprint density at radius 3 is 2.62 bits per heavy atom. The van der Waals surface area contributed by atoms with Gasteiger partial charge in [-0.3, -0.25) is 0 Å². The van der Waals surface area contributed by atoms with E-state index < -0.39 is 0 Å². The SMILES string of the molecule is Cc1cccc(CNC(C)c2ccc3c(c2)CCCC3)c1. The molecule has 1 aliphatic rings. The van der Waals surface area contributed by atoms with Gasteiger partial charge >= 0.3 is 0 Å². The molecule has 3 rings (SSSR count). The zero-order valence-corrected chi connectivity index (χ0v) is 13.2. The summed E-state index contributed by atoms with van der Waals surface area (Å²) in [5.74, 6) is 0. The van der Waals surface area contributed by atoms with Crippen LogP contribution in [0.25, 0.3) is 0 Å². The van der Waals surface area contributed by atoms with E-state index in [0.717, 1.165) is 6.54 Å². The normalized spacial score (nSPS) is 15.5. The van der Waals surface area contributed by atoms with Crippen LogP contribution >= 0.6 is 0 Å². The fourth-order valence-corrected chi connectivity index (χ4v) is 3.23. The topological polar surface area (TPSA) is 12.0 Å². The summed E-state index contributed by atoms with van der Waals surface area (Å²) >= 11 is 0. The molecule has 2 aromatic rings. The second kappa shape index (κ2) is 6.44. The lowest BCUT2D eigenvalue weighted by Crippen LogP contribution is -2.18. The molecular weight excluding hydrogens is 254 g/mol. The third-order valence-corrected chi connectivity index (χ3v) is 4.57. The molecule has 110 valence electrons. The predicted octanol–water partition coefficient (Wildman–Crippen LogP) is 4.72. The van der Waals surface area contributed by atoms with Crippen LogP contribution < -0.4 is 5.32 Å². The van der Waals surface area contributed by atoms with Gasteiger partial charge in [-0.15, -0.1) is 0 Å². The molecule has 0 radical (unpaired) electrons. The van der Waals surface area contributed by atoms with Crippen molar-refractivity contribution in [2.45, 2.75) is 52.1 Å². The molecule has 0 aliphatic heterocycles. The van der Waals surface area contributed by atoms with Crippen LogP contribution in [0.4, 0.5) is 0 Å². The van der Waals surface area contributed by atoms with Crippen LogP contribution in [0.2, 0.25) is 0 Å². The van der Waals surface area contributed by atoms with Gasteiger partial charge in [0.1, 0.15) is 0 Å². The van der Waals surface area contributed by atoms with E-state index in [-0.39, 0.29) is 0 Å². The van der Waals surface area contributed by atoms with Gasteiger partial charge in [-0.2, -0.15) is 0 Å². The summed E-state index contributed by atoms with van der Waals surface area (Å²) in [7, 11) is 0. The van der Waals surface area contributed by atoms with Gasteiger partial charge < -0.3 is 5.32 Å². The third kappa shape index (κ3) is 3.54. The molecule has 1 aliphatic carbocycles. The van der Waals surface area contributed by atoms with Crippen molar-refractivity contribution in [3.63, 3.8) is 0 Å². The minimum Gasteiger partial charge on any atom is -0.306 e. The Kier molecular flexibility index (Phi) is 4.40. The van der Waals surface area contributed by atoms with E-state index in [1.54, 1.807) is 11.1 Å². The summed E-state index contributed by atoms with van der Waals surface area (Å²) in [4.78, 5) is 0. The molecule has 0 aromatic heterocycles. The molecule has 2 aromatic carbocycles. The minimum atomic E-state index is 0.401. The Morgan fingerprint density at radius 1 is 1.00 bits per heavy atom. The number of rotatable bonds is 4. The highest BCUT2D eigenvalue weighted by Gasteiger charge is 2.12. The number of benzene rings is 2. The Bertz CT molecular complexity index is 615. The second-order valence-corrected chi connectivity index (χ2v) is 6.33. The molecule has 21 heavy (non-hydrogen) atoms. The summed E-state index contributed by atoms with van der Waals surface area (Å²) in [6.45, 7) is 5.34. The van der Waals surface area contributed by atoms with Crippen molar-refractivity contribution in [2.75, 3.05) is 0 Å². The van der Waals surface area contributed by atoms with E-state index in [4.69, 9.17) is 0 Å². The van der Waals surface area contributed by atoms with Crippen molar-refractivity contribution in [3.05, 3.63) is 70.3 Å². The highest BCUT2D eigenvalue weighted by molar-refractivity contribution is 5.35. The number of hydrogen-bond acceptors (Lipinski definition) is 1. The molecule has 1 N–H and O–H groups in total. The third-order valence-electron chi connectivity index (χ3n) is 4.57. The molecule has 0 heterocycles. The predicted molar refractivity (Wildman–Crippen MR) is 89.5 cm³/mol. The maximum atomic E-state index is 3.65. The van der Waals surface area contributed by atoms with Crippen LogP contribution in [0.1, 0.15) is 53.6 Å². The molecule has 1 heteroatoms. The van der Waals surface area contributed by atoms with Gasteiger partial charge in [-0.05, 0) is 61.8 Å². The van der Waals surface area contributed by atoms with E-state index in [1.165, 1.54) is 42.4 Å². The van der Waals surface area contributed by atoms with Crippen molar-refractivity contribution in [3.8, 4) is 0 Å². The molecule has 1 nitrogen and oxygen atoms in total. The monoisotopic (exact) mass is 279 g/mol. The van der Waals surface area contributed by atoms with E-state index in [2.05, 4.69) is 61.6 Å². The Morgan fingerprint density at radius 2 is 1.81 bits per heavy atom. The Balaban J connectivity index is 1.66. The number of hydrogen-bond donors (Lipinski definition) is 1. The van der Waals surface area contributed by atoms with E-state index in [9.17, 15) is 0 Å². The lowest BCUT2D eigenvalue weighted by molar-refractivity contribution is 0.572. The summed E-state index contributed by atoms with van der Waals surface area (Å²) in [6, 6.07) is 16.2. The summed E-state index contributed by atoms with van der Waals surface area (Å²) in [5.41, 5.74) is 7.25. The number of aryl methyl sites for hydroxylation is 3. The van der Waals surface area contributed by atoms with Crippen molar-refractivity contribution in [1.29, 1.82) is 0 Å². The lowest BCUT2D eigenvalue weighted by atomic mass is 9.89. The molecule has 1 unspecified atom stereocenters. The smallest absolute Gasteiger partial charge is 0.0295 e. The fraction of sp³-hybridized carbons (Fsp3) is 0.400. The van der Waals surface area contributed by atoms with Crippen LogP contribution in [0.15, 0.2) is 42.5 Å². The van der Waals surface area contributed by atoms with Gasteiger partial charge in [0.15, 0.2) is 0 Å². The second-order valence-electron chi connectivity index (χ2n) is 6.33. The van der Waals surface area contributed by atoms with Crippen LogP contribution in [0.5, 0.6) is 0 Å². The molecule has 0 amide bonds. The zero-order valence-electron chi connectivity index (χ0n) is 13.2. The molecular formula is C20H25N. The first-order valence-corrected chi connectivity index (χ1v) is 8.13. The Labute approximate surface area is 128 Å². The van der Waals surface area contributed by atoms with Gasteiger partial charge in [0.25, 0.3) is 0 Å². The number of fused-ring (bicyclic) bond motifs is 1. The number of nitrogens with one attached hydrogen (secondary N) is 1. The van der Waals surface area contributed by atoms with E-state index >= 15 is 0 Å². The molecule has 0 fully saturated rings. The van der Waals surface area contributed by atoms with Gasteiger partial charge in [0.2, 0.25) is 0 Å². The van der Waals surface area contributed by atoms with Crippen molar-refractivity contribution < 1.29 is 0 Å². The van der Waals surface area contributed by atoms with Crippen molar-refractivity contribution in [1.82, 2.24) is 5.32 Å². The zero-order chi connectivity index (χ0) is 14.7. The van der Waals surface area contributed by atoms with Gasteiger partial charge in [0, 0.05) is 12.6 Å². The average Bonchev–Trinajstić information content (AvgIpc) is 2.52. The minimum absolute atomic E-state index is 0.401. The highest BCUT2D eigenvalue weighted by Crippen LogP contribution is 2.24. The van der Waals surface area contributed by atoms with Crippen molar-refractivity contribution in [2.24, 2.45) is 0 Å². The molecule has 0 bridgehead atoms. The van der Waals surface area contributed by atoms with Crippen molar-refractivity contribution >= 4 is 0 Å². The van der Waals surface area contributed by atoms with Crippen LogP contribution in [0.3, 0.4) is 0 Å². The first-order valence-electron chi connectivity index (χ1n) is 8.13. The molecule has 0 saturated heterocycles. The van der Waals surface area contributed by atoms with Gasteiger partial charge in [-0.25, -0.2) is 0 Å². The summed E-state index contributed by atoms with van der Waals surface area (Å²) < 4.78 is 0. The highest BCUT2D eigenvalue weighted by atomic mass is 14.9. The summed E-state index contributed by atoms with van der Waals surface area (Å²) in [5, 5.41) is 3.65. The average molecular weight is 279 g/mol.